The van der Waals surface area contributed by atoms with E-state index in [0.29, 0.717) is 44.8 Å². The van der Waals surface area contributed by atoms with E-state index in [-0.39, 0.29) is 23.5 Å². The first-order valence-corrected chi connectivity index (χ1v) is 10.2. The predicted molar refractivity (Wildman–Crippen MR) is 114 cm³/mol. The number of rotatable bonds is 7. The summed E-state index contributed by atoms with van der Waals surface area (Å²) >= 11 is 0. The molecule has 1 aliphatic heterocycles. The van der Waals surface area contributed by atoms with E-state index in [1.54, 1.807) is 35.1 Å². The number of piperidine rings is 1. The van der Waals surface area contributed by atoms with Gasteiger partial charge >= 0.3 is 0 Å². The molecule has 0 atom stereocenters. The Morgan fingerprint density at radius 1 is 1.10 bits per heavy atom. The fourth-order valence-electron chi connectivity index (χ4n) is 3.44. The summed E-state index contributed by atoms with van der Waals surface area (Å²) in [6.45, 7) is 1.95. The zero-order valence-electron chi connectivity index (χ0n) is 17.2. The number of likely N-dealkylation sites (N-methyl/N-ethyl adjacent to an activating group) is 1. The molecule has 0 N–H and O–H groups in total. The van der Waals surface area contributed by atoms with E-state index >= 15 is 0 Å². The van der Waals surface area contributed by atoms with Crippen LogP contribution in [-0.4, -0.2) is 54.9 Å². The maximum Gasteiger partial charge on any atom is 0.246 e. The van der Waals surface area contributed by atoms with Crippen molar-refractivity contribution in [3.63, 3.8) is 0 Å². The summed E-state index contributed by atoms with van der Waals surface area (Å²) < 4.78 is 18.5. The lowest BCUT2D eigenvalue weighted by molar-refractivity contribution is -0.138. The Morgan fingerprint density at radius 3 is 2.43 bits per heavy atom. The second kappa shape index (κ2) is 10.6. The van der Waals surface area contributed by atoms with E-state index in [1.165, 1.54) is 12.1 Å². The first-order chi connectivity index (χ1) is 14.5. The van der Waals surface area contributed by atoms with Crippen molar-refractivity contribution in [3.05, 3.63) is 72.1 Å². The van der Waals surface area contributed by atoms with Crippen LogP contribution in [0.4, 0.5) is 4.39 Å². The van der Waals surface area contributed by atoms with Crippen LogP contribution in [0.1, 0.15) is 18.4 Å². The molecule has 2 aromatic carbocycles. The van der Waals surface area contributed by atoms with Gasteiger partial charge in [-0.15, -0.1) is 0 Å². The van der Waals surface area contributed by atoms with Gasteiger partial charge in [-0.05, 0) is 48.7 Å². The summed E-state index contributed by atoms with van der Waals surface area (Å²) in [5, 5.41) is 0. The summed E-state index contributed by atoms with van der Waals surface area (Å²) in [6.07, 6.45) is 4.73. The molecule has 0 unspecified atom stereocenters. The van der Waals surface area contributed by atoms with Crippen LogP contribution in [0.5, 0.6) is 5.75 Å². The number of amides is 2. The fourth-order valence-corrected chi connectivity index (χ4v) is 3.44. The molecular formula is C24H27FN2O3. The molecule has 0 aliphatic carbocycles. The van der Waals surface area contributed by atoms with Gasteiger partial charge < -0.3 is 14.5 Å². The minimum atomic E-state index is -0.310. The Bertz CT molecular complexity index is 860. The van der Waals surface area contributed by atoms with Gasteiger partial charge in [-0.2, -0.15) is 0 Å². The number of ether oxygens (including phenoxy) is 1. The Labute approximate surface area is 176 Å². The third-order valence-electron chi connectivity index (χ3n) is 5.26. The third kappa shape index (κ3) is 6.17. The highest BCUT2D eigenvalue weighted by molar-refractivity contribution is 5.92. The molecule has 2 amide bonds. The van der Waals surface area contributed by atoms with Gasteiger partial charge in [0.05, 0.1) is 6.54 Å². The van der Waals surface area contributed by atoms with Crippen molar-refractivity contribution >= 4 is 17.9 Å². The fraction of sp³-hybridized carbons (Fsp3) is 0.333. The van der Waals surface area contributed by atoms with Crippen LogP contribution >= 0.6 is 0 Å². The van der Waals surface area contributed by atoms with Gasteiger partial charge in [0.25, 0.3) is 0 Å². The van der Waals surface area contributed by atoms with Crippen LogP contribution in [0.2, 0.25) is 0 Å². The van der Waals surface area contributed by atoms with Gasteiger partial charge in [0.15, 0.2) is 0 Å². The monoisotopic (exact) mass is 410 g/mol. The maximum atomic E-state index is 12.9. The topological polar surface area (TPSA) is 49.9 Å². The largest absolute Gasteiger partial charge is 0.492 e. The normalized spacial score (nSPS) is 14.7. The van der Waals surface area contributed by atoms with Crippen molar-refractivity contribution in [2.75, 3.05) is 33.3 Å². The van der Waals surface area contributed by atoms with Gasteiger partial charge in [0.2, 0.25) is 11.8 Å². The molecule has 158 valence electrons. The zero-order valence-corrected chi connectivity index (χ0v) is 17.2. The van der Waals surface area contributed by atoms with Gasteiger partial charge in [0.1, 0.15) is 18.2 Å². The van der Waals surface area contributed by atoms with Gasteiger partial charge in [-0.1, -0.05) is 30.3 Å². The number of nitrogens with zero attached hydrogens (tertiary/aromatic N) is 2. The van der Waals surface area contributed by atoms with Gasteiger partial charge in [0, 0.05) is 32.1 Å². The van der Waals surface area contributed by atoms with E-state index in [4.69, 9.17) is 4.74 Å². The summed E-state index contributed by atoms with van der Waals surface area (Å²) in [7, 11) is 1.76. The molecule has 30 heavy (non-hydrogen) atoms. The predicted octanol–water partition coefficient (Wildman–Crippen LogP) is 3.61. The Hall–Kier alpha value is -3.15. The van der Waals surface area contributed by atoms with Gasteiger partial charge in [-0.3, -0.25) is 9.59 Å². The van der Waals surface area contributed by atoms with Crippen molar-refractivity contribution in [1.82, 2.24) is 9.80 Å². The number of hydrogen-bond donors (Lipinski definition) is 0. The molecule has 1 saturated heterocycles. The molecule has 2 aromatic rings. The Kier molecular flexibility index (Phi) is 7.60. The number of likely N-dealkylation sites (tertiary alicyclic amines) is 1. The molecule has 1 heterocycles. The number of carbonyl (C=O) groups is 2. The highest BCUT2D eigenvalue weighted by atomic mass is 19.1. The average molecular weight is 410 g/mol. The van der Waals surface area contributed by atoms with Crippen molar-refractivity contribution in [2.45, 2.75) is 12.8 Å². The second-order valence-corrected chi connectivity index (χ2v) is 7.41. The van der Waals surface area contributed by atoms with Crippen molar-refractivity contribution in [3.8, 4) is 5.75 Å². The molecular weight excluding hydrogens is 383 g/mol. The number of halogens is 1. The minimum Gasteiger partial charge on any atom is -0.492 e. The highest BCUT2D eigenvalue weighted by Gasteiger charge is 2.28. The molecule has 5 nitrogen and oxygen atoms in total. The standard InChI is InChI=1S/C24H27FN2O3/c1-26(17-18-30-22-10-8-21(25)9-11-22)24(29)20-13-15-27(16-14-20)23(28)12-7-19-5-3-2-4-6-19/h2-12,20H,13-18H2,1H3/b12-7+. The van der Waals surface area contributed by atoms with Gasteiger partial charge in [-0.25, -0.2) is 4.39 Å². The van der Waals surface area contributed by atoms with Crippen LogP contribution in [0, 0.1) is 11.7 Å². The highest BCUT2D eigenvalue weighted by Crippen LogP contribution is 2.20. The van der Waals surface area contributed by atoms with E-state index in [9.17, 15) is 14.0 Å². The molecule has 6 heteroatoms. The van der Waals surface area contributed by atoms with Crippen LogP contribution in [0.3, 0.4) is 0 Å². The van der Waals surface area contributed by atoms with E-state index in [2.05, 4.69) is 0 Å². The number of hydrogen-bond acceptors (Lipinski definition) is 3. The molecule has 0 radical (unpaired) electrons. The summed E-state index contributed by atoms with van der Waals surface area (Å²) in [5.41, 5.74) is 0.986. The van der Waals surface area contributed by atoms with Crippen molar-refractivity contribution in [2.24, 2.45) is 5.92 Å². The quantitative estimate of drug-likeness (QED) is 0.655. The molecule has 0 saturated carbocycles. The summed E-state index contributed by atoms with van der Waals surface area (Å²) in [4.78, 5) is 28.5. The third-order valence-corrected chi connectivity index (χ3v) is 5.26. The Balaban J connectivity index is 1.40. The van der Waals surface area contributed by atoms with E-state index in [1.807, 2.05) is 36.4 Å². The number of carbonyl (C=O) groups excluding carboxylic acids is 2. The minimum absolute atomic E-state index is 0.0224. The maximum absolute atomic E-state index is 12.9. The van der Waals surface area contributed by atoms with E-state index < -0.39 is 0 Å². The lowest BCUT2D eigenvalue weighted by atomic mass is 9.95. The molecule has 3 rings (SSSR count). The SMILES string of the molecule is CN(CCOc1ccc(F)cc1)C(=O)C1CCN(C(=O)/C=C/c2ccccc2)CC1. The first-order valence-electron chi connectivity index (χ1n) is 10.2. The zero-order chi connectivity index (χ0) is 21.3. The van der Waals surface area contributed by atoms with Crippen LogP contribution in [0.25, 0.3) is 6.08 Å². The summed E-state index contributed by atoms with van der Waals surface area (Å²) in [5.74, 6) is 0.237. The van der Waals surface area contributed by atoms with Crippen LogP contribution in [-0.2, 0) is 9.59 Å². The van der Waals surface area contributed by atoms with Crippen molar-refractivity contribution in [1.29, 1.82) is 0 Å². The lowest BCUT2D eigenvalue weighted by Crippen LogP contribution is -2.43. The molecule has 0 spiro atoms. The second-order valence-electron chi connectivity index (χ2n) is 7.41. The molecule has 0 aromatic heterocycles. The molecule has 1 aliphatic rings. The average Bonchev–Trinajstić information content (AvgIpc) is 2.79. The van der Waals surface area contributed by atoms with E-state index in [0.717, 1.165) is 5.56 Å². The van der Waals surface area contributed by atoms with Crippen molar-refractivity contribution < 1.29 is 18.7 Å². The first kappa shape index (κ1) is 21.6. The van der Waals surface area contributed by atoms with Crippen LogP contribution in [0.15, 0.2) is 60.7 Å². The lowest BCUT2D eigenvalue weighted by Gasteiger charge is -2.32. The Morgan fingerprint density at radius 2 is 1.77 bits per heavy atom. The van der Waals surface area contributed by atoms with Crippen LogP contribution < -0.4 is 4.74 Å². The molecule has 1 fully saturated rings. The summed E-state index contributed by atoms with van der Waals surface area (Å²) in [6, 6.07) is 15.5. The smallest absolute Gasteiger partial charge is 0.246 e. The number of benzene rings is 2. The molecule has 0 bridgehead atoms.